The summed E-state index contributed by atoms with van der Waals surface area (Å²) >= 11 is 4.63. The van der Waals surface area contributed by atoms with E-state index in [1.54, 1.807) is 0 Å². The van der Waals surface area contributed by atoms with Crippen molar-refractivity contribution < 1.29 is 10.2 Å². The molecule has 0 amide bonds. The highest BCUT2D eigenvalue weighted by Crippen LogP contribution is 2.61. The van der Waals surface area contributed by atoms with Gasteiger partial charge in [0, 0.05) is 5.56 Å². The molecular weight excluding hydrogens is 814 g/mol. The van der Waals surface area contributed by atoms with Crippen molar-refractivity contribution in [3.05, 3.63) is 173 Å². The number of benzene rings is 6. The molecule has 0 aromatic heterocycles. The van der Waals surface area contributed by atoms with Crippen LogP contribution in [0.15, 0.2) is 121 Å². The van der Waals surface area contributed by atoms with Crippen LogP contribution in [-0.2, 0) is 10.8 Å². The van der Waals surface area contributed by atoms with Gasteiger partial charge in [-0.3, -0.25) is 0 Å². The van der Waals surface area contributed by atoms with Crippen molar-refractivity contribution in [3.8, 4) is 33.8 Å². The summed E-state index contributed by atoms with van der Waals surface area (Å²) in [5, 5.41) is 23.6. The van der Waals surface area contributed by atoms with Gasteiger partial charge in [-0.15, -0.1) is 0 Å². The summed E-state index contributed by atoms with van der Waals surface area (Å²) in [6.45, 7) is 8.85. The highest BCUT2D eigenvalue weighted by molar-refractivity contribution is 14.1. The van der Waals surface area contributed by atoms with Crippen LogP contribution in [0.4, 0.5) is 0 Å². The van der Waals surface area contributed by atoms with E-state index in [0.717, 1.165) is 29.4 Å². The van der Waals surface area contributed by atoms with Gasteiger partial charge in [-0.2, -0.15) is 0 Å². The van der Waals surface area contributed by atoms with Crippen molar-refractivity contribution in [1.29, 1.82) is 0 Å². The maximum absolute atomic E-state index is 12.3. The zero-order chi connectivity index (χ0) is 33.5. The minimum atomic E-state index is -0.692. The SMILES string of the molecule is CC(C)c1cc(C2(c3cc(I)c(O)c(C4(C(C)C)c5ccccc5-c5ccccc54)c3)c3ccccc3-c3ccccc32)cc(I)c1O. The van der Waals surface area contributed by atoms with E-state index in [9.17, 15) is 10.2 Å². The third-order valence-electron chi connectivity index (χ3n) is 10.9. The second kappa shape index (κ2) is 11.5. The van der Waals surface area contributed by atoms with Crippen molar-refractivity contribution >= 4 is 45.2 Å². The van der Waals surface area contributed by atoms with Gasteiger partial charge in [-0.1, -0.05) is 131 Å². The third kappa shape index (κ3) is 4.14. The molecule has 8 rings (SSSR count). The molecule has 0 radical (unpaired) electrons. The molecule has 0 saturated heterocycles. The Kier molecular flexibility index (Phi) is 7.57. The molecule has 0 saturated carbocycles. The number of hydrogen-bond donors (Lipinski definition) is 2. The number of rotatable bonds is 5. The highest BCUT2D eigenvalue weighted by atomic mass is 127. The lowest BCUT2D eigenvalue weighted by atomic mass is 9.62. The number of aromatic hydroxyl groups is 2. The normalized spacial score (nSPS) is 14.9. The van der Waals surface area contributed by atoms with Crippen LogP contribution in [0, 0.1) is 13.1 Å². The van der Waals surface area contributed by atoms with E-state index >= 15 is 0 Å². The molecule has 4 heteroatoms. The largest absolute Gasteiger partial charge is 0.507 e. The van der Waals surface area contributed by atoms with Crippen molar-refractivity contribution in [3.63, 3.8) is 0 Å². The summed E-state index contributed by atoms with van der Waals surface area (Å²) in [5.41, 5.74) is 12.6. The molecule has 0 heterocycles. The van der Waals surface area contributed by atoms with Crippen LogP contribution < -0.4 is 0 Å². The van der Waals surface area contributed by atoms with Crippen LogP contribution in [0.5, 0.6) is 11.5 Å². The summed E-state index contributed by atoms with van der Waals surface area (Å²) in [6.07, 6.45) is 0. The molecular formula is C44H36I2O2. The van der Waals surface area contributed by atoms with E-state index in [1.807, 2.05) is 0 Å². The van der Waals surface area contributed by atoms with E-state index in [2.05, 4.69) is 194 Å². The van der Waals surface area contributed by atoms with Crippen LogP contribution in [-0.4, -0.2) is 10.2 Å². The Labute approximate surface area is 310 Å². The van der Waals surface area contributed by atoms with Crippen LogP contribution in [0.3, 0.4) is 0 Å². The first kappa shape index (κ1) is 31.6. The Balaban J connectivity index is 1.55. The standard InChI is InChI=1S/C44H36I2O2/c1-25(2)33-21-27(23-39(45)41(33)47)44(36-19-11-7-15-31(36)32-16-8-12-20-37(32)44)28-22-38(42(48)40(46)24-28)43(26(3)4)34-17-9-5-13-29(34)30-14-6-10-18-35(30)43/h5-26,47-48H,1-4H3. The zero-order valence-corrected chi connectivity index (χ0v) is 31.7. The van der Waals surface area contributed by atoms with Gasteiger partial charge in [-0.05, 0) is 136 Å². The maximum Gasteiger partial charge on any atom is 0.133 e. The molecule has 2 N–H and O–H groups in total. The highest BCUT2D eigenvalue weighted by Gasteiger charge is 2.51. The fourth-order valence-corrected chi connectivity index (χ4v) is 10.2. The van der Waals surface area contributed by atoms with Crippen molar-refractivity contribution in [2.75, 3.05) is 0 Å². The summed E-state index contributed by atoms with van der Waals surface area (Å²) < 4.78 is 1.65. The molecule has 0 spiro atoms. The first-order valence-electron chi connectivity index (χ1n) is 16.6. The lowest BCUT2D eigenvalue weighted by Crippen LogP contribution is -2.35. The Morgan fingerprint density at radius 2 is 0.875 bits per heavy atom. The average Bonchev–Trinajstić information content (AvgIpc) is 3.56. The van der Waals surface area contributed by atoms with Gasteiger partial charge >= 0.3 is 0 Å². The minimum absolute atomic E-state index is 0.133. The van der Waals surface area contributed by atoms with Gasteiger partial charge in [-0.25, -0.2) is 0 Å². The predicted molar refractivity (Wildman–Crippen MR) is 213 cm³/mol. The summed E-state index contributed by atoms with van der Waals surface area (Å²) in [4.78, 5) is 0. The lowest BCUT2D eigenvalue weighted by molar-refractivity contribution is 0.404. The lowest BCUT2D eigenvalue weighted by Gasteiger charge is -2.40. The van der Waals surface area contributed by atoms with Gasteiger partial charge in [0.15, 0.2) is 0 Å². The third-order valence-corrected chi connectivity index (χ3v) is 12.5. The van der Waals surface area contributed by atoms with Crippen molar-refractivity contribution in [2.24, 2.45) is 5.92 Å². The van der Waals surface area contributed by atoms with Crippen LogP contribution in [0.25, 0.3) is 22.3 Å². The number of halogens is 2. The van der Waals surface area contributed by atoms with E-state index in [0.29, 0.717) is 11.5 Å². The molecule has 2 aliphatic carbocycles. The Bertz CT molecular complexity index is 2170. The van der Waals surface area contributed by atoms with Gasteiger partial charge in [0.05, 0.1) is 18.0 Å². The molecule has 0 unspecified atom stereocenters. The molecule has 0 atom stereocenters. The second-order valence-corrected chi connectivity index (χ2v) is 16.1. The number of fused-ring (bicyclic) bond motifs is 6. The smallest absolute Gasteiger partial charge is 0.133 e. The topological polar surface area (TPSA) is 40.5 Å². The summed E-state index contributed by atoms with van der Waals surface area (Å²) in [5.74, 6) is 0.953. The molecule has 2 aliphatic rings. The van der Waals surface area contributed by atoms with E-state index in [4.69, 9.17) is 0 Å². The van der Waals surface area contributed by atoms with Gasteiger partial charge in [0.2, 0.25) is 0 Å². The van der Waals surface area contributed by atoms with E-state index in [1.165, 1.54) is 44.5 Å². The Hall–Kier alpha value is -3.62. The van der Waals surface area contributed by atoms with Crippen LogP contribution in [0.1, 0.15) is 78.1 Å². The Morgan fingerprint density at radius 1 is 0.479 bits per heavy atom. The van der Waals surface area contributed by atoms with Gasteiger partial charge in [0.1, 0.15) is 11.5 Å². The first-order valence-corrected chi connectivity index (χ1v) is 18.7. The molecule has 0 aliphatic heterocycles. The monoisotopic (exact) mass is 850 g/mol. The first-order chi connectivity index (χ1) is 23.1. The molecule has 0 fully saturated rings. The number of phenolic OH excluding ortho intramolecular Hbond substituents is 2. The molecule has 2 nitrogen and oxygen atoms in total. The zero-order valence-electron chi connectivity index (χ0n) is 27.4. The molecule has 6 aromatic carbocycles. The Morgan fingerprint density at radius 3 is 1.33 bits per heavy atom. The number of hydrogen-bond acceptors (Lipinski definition) is 2. The van der Waals surface area contributed by atoms with Gasteiger partial charge in [0.25, 0.3) is 0 Å². The maximum atomic E-state index is 12.3. The van der Waals surface area contributed by atoms with Crippen molar-refractivity contribution in [1.82, 2.24) is 0 Å². The van der Waals surface area contributed by atoms with Gasteiger partial charge < -0.3 is 10.2 Å². The van der Waals surface area contributed by atoms with Crippen LogP contribution >= 0.6 is 45.2 Å². The molecule has 6 aromatic rings. The molecule has 238 valence electrons. The van der Waals surface area contributed by atoms with E-state index in [-0.39, 0.29) is 11.8 Å². The fraction of sp³-hybridized carbons (Fsp3) is 0.182. The molecule has 48 heavy (non-hydrogen) atoms. The second-order valence-electron chi connectivity index (χ2n) is 13.8. The molecule has 0 bridgehead atoms. The average molecular weight is 851 g/mol. The fourth-order valence-electron chi connectivity index (χ4n) is 8.91. The minimum Gasteiger partial charge on any atom is -0.507 e. The summed E-state index contributed by atoms with van der Waals surface area (Å²) in [6, 6.07) is 43.8. The summed E-state index contributed by atoms with van der Waals surface area (Å²) in [7, 11) is 0. The predicted octanol–water partition coefficient (Wildman–Crippen LogP) is 11.8. The van der Waals surface area contributed by atoms with Crippen molar-refractivity contribution in [2.45, 2.75) is 44.4 Å². The quantitative estimate of drug-likeness (QED) is 0.169. The number of phenols is 2. The van der Waals surface area contributed by atoms with E-state index < -0.39 is 10.8 Å². The van der Waals surface area contributed by atoms with Crippen LogP contribution in [0.2, 0.25) is 0 Å².